The number of benzene rings is 1. The van der Waals surface area contributed by atoms with Gasteiger partial charge in [-0.1, -0.05) is 11.6 Å². The van der Waals surface area contributed by atoms with Gasteiger partial charge in [-0.25, -0.2) is 13.6 Å². The van der Waals surface area contributed by atoms with Crippen molar-refractivity contribution in [1.82, 2.24) is 0 Å². The van der Waals surface area contributed by atoms with Gasteiger partial charge in [0.25, 0.3) is 0 Å². The van der Waals surface area contributed by atoms with Gasteiger partial charge in [-0.3, -0.25) is 0 Å². The molecule has 0 aromatic heterocycles. The molecule has 0 unspecified atom stereocenters. The van der Waals surface area contributed by atoms with Crippen molar-refractivity contribution in [2.24, 2.45) is 5.14 Å². The lowest BCUT2D eigenvalue weighted by Gasteiger charge is -2.00. The first-order valence-corrected chi connectivity index (χ1v) is 5.89. The van der Waals surface area contributed by atoms with Crippen LogP contribution in [0.3, 0.4) is 0 Å². The Morgan fingerprint density at radius 2 is 2.00 bits per heavy atom. The van der Waals surface area contributed by atoms with Crippen molar-refractivity contribution in [2.75, 3.05) is 0 Å². The van der Waals surface area contributed by atoms with Crippen molar-refractivity contribution in [3.63, 3.8) is 0 Å². The Bertz CT molecular complexity index is 404. The maximum Gasteiger partial charge on any atom is 0.239 e. The van der Waals surface area contributed by atoms with Gasteiger partial charge in [0, 0.05) is 8.59 Å². The highest BCUT2D eigenvalue weighted by molar-refractivity contribution is 14.1. The lowest BCUT2D eigenvalue weighted by molar-refractivity contribution is 0.597. The molecule has 0 aliphatic carbocycles. The van der Waals surface area contributed by atoms with Crippen molar-refractivity contribution in [3.8, 4) is 0 Å². The monoisotopic (exact) mass is 317 g/mol. The Hall–Kier alpha value is 0.150. The van der Waals surface area contributed by atoms with E-state index in [1.165, 1.54) is 6.07 Å². The number of hydrogen-bond acceptors (Lipinski definition) is 2. The van der Waals surface area contributed by atoms with E-state index in [0.717, 1.165) is 0 Å². The number of nitrogens with two attached hydrogens (primary N) is 1. The second-order valence-electron chi connectivity index (χ2n) is 2.12. The SMILES string of the molecule is NS(=O)(=O)c1cc(Cl)ccc1I. The molecule has 66 valence electrons. The van der Waals surface area contributed by atoms with Crippen LogP contribution in [0.1, 0.15) is 0 Å². The molecule has 0 saturated heterocycles. The summed E-state index contributed by atoms with van der Waals surface area (Å²) in [7, 11) is -3.65. The molecule has 0 heterocycles. The van der Waals surface area contributed by atoms with Crippen LogP contribution in [0.4, 0.5) is 0 Å². The lowest BCUT2D eigenvalue weighted by atomic mass is 10.4. The molecule has 0 aliphatic heterocycles. The van der Waals surface area contributed by atoms with Crippen LogP contribution in [0.2, 0.25) is 5.02 Å². The van der Waals surface area contributed by atoms with Gasteiger partial charge in [0.2, 0.25) is 10.0 Å². The molecule has 2 N–H and O–H groups in total. The van der Waals surface area contributed by atoms with Crippen molar-refractivity contribution in [1.29, 1.82) is 0 Å². The lowest BCUT2D eigenvalue weighted by Crippen LogP contribution is -2.13. The van der Waals surface area contributed by atoms with Gasteiger partial charge in [-0.05, 0) is 40.8 Å². The maximum absolute atomic E-state index is 10.9. The quantitative estimate of drug-likeness (QED) is 0.800. The van der Waals surface area contributed by atoms with E-state index in [1.807, 2.05) is 22.6 Å². The fourth-order valence-electron chi connectivity index (χ4n) is 0.695. The van der Waals surface area contributed by atoms with E-state index in [0.29, 0.717) is 8.59 Å². The van der Waals surface area contributed by atoms with Crippen molar-refractivity contribution >= 4 is 44.2 Å². The summed E-state index contributed by atoms with van der Waals surface area (Å²) in [5.74, 6) is 0. The molecule has 12 heavy (non-hydrogen) atoms. The zero-order valence-electron chi connectivity index (χ0n) is 5.79. The van der Waals surface area contributed by atoms with Crippen molar-refractivity contribution < 1.29 is 8.42 Å². The highest BCUT2D eigenvalue weighted by Crippen LogP contribution is 2.20. The second-order valence-corrected chi connectivity index (χ2v) is 5.25. The summed E-state index contributed by atoms with van der Waals surface area (Å²) in [6.07, 6.45) is 0. The van der Waals surface area contributed by atoms with Crippen LogP contribution in [0, 0.1) is 3.57 Å². The second kappa shape index (κ2) is 3.49. The Labute approximate surface area is 89.1 Å². The Kier molecular flexibility index (Phi) is 2.97. The first-order valence-electron chi connectivity index (χ1n) is 2.89. The molecular weight excluding hydrogens is 312 g/mol. The van der Waals surface area contributed by atoms with Crippen LogP contribution < -0.4 is 5.14 Å². The third-order valence-corrected chi connectivity index (χ3v) is 3.69. The number of sulfonamides is 1. The summed E-state index contributed by atoms with van der Waals surface area (Å²) in [5.41, 5.74) is 0. The first kappa shape index (κ1) is 10.2. The van der Waals surface area contributed by atoms with Crippen LogP contribution in [-0.4, -0.2) is 8.42 Å². The molecule has 3 nitrogen and oxygen atoms in total. The summed E-state index contributed by atoms with van der Waals surface area (Å²) >= 11 is 7.48. The molecule has 0 aliphatic rings. The minimum Gasteiger partial charge on any atom is -0.225 e. The zero-order chi connectivity index (χ0) is 9.35. The average molecular weight is 318 g/mol. The van der Waals surface area contributed by atoms with Gasteiger partial charge in [-0.15, -0.1) is 0 Å². The van der Waals surface area contributed by atoms with Gasteiger partial charge >= 0.3 is 0 Å². The molecule has 6 heteroatoms. The Balaban J connectivity index is 3.43. The molecule has 1 aromatic carbocycles. The summed E-state index contributed by atoms with van der Waals surface area (Å²) < 4.78 is 22.4. The number of primary sulfonamides is 1. The smallest absolute Gasteiger partial charge is 0.225 e. The van der Waals surface area contributed by atoms with Gasteiger partial charge in [0.05, 0.1) is 4.90 Å². The average Bonchev–Trinajstić information content (AvgIpc) is 1.92. The predicted molar refractivity (Wildman–Crippen MR) is 55.5 cm³/mol. The summed E-state index contributed by atoms with van der Waals surface area (Å²) in [6, 6.07) is 4.54. The molecule has 1 aromatic rings. The normalized spacial score (nSPS) is 11.6. The van der Waals surface area contributed by atoms with Crippen LogP contribution in [-0.2, 0) is 10.0 Å². The highest BCUT2D eigenvalue weighted by Gasteiger charge is 2.11. The van der Waals surface area contributed by atoms with E-state index in [4.69, 9.17) is 16.7 Å². The number of rotatable bonds is 1. The molecule has 0 spiro atoms. The van der Waals surface area contributed by atoms with Crippen LogP contribution >= 0.6 is 34.2 Å². The molecule has 0 amide bonds. The minimum atomic E-state index is -3.65. The van der Waals surface area contributed by atoms with Crippen molar-refractivity contribution in [2.45, 2.75) is 4.90 Å². The van der Waals surface area contributed by atoms with Crippen LogP contribution in [0.25, 0.3) is 0 Å². The van der Waals surface area contributed by atoms with Gasteiger partial charge in [-0.2, -0.15) is 0 Å². The standard InChI is InChI=1S/C6H5ClINO2S/c7-4-1-2-5(8)6(3-4)12(9,10)11/h1-3H,(H2,9,10,11). The Morgan fingerprint density at radius 3 is 2.42 bits per heavy atom. The first-order chi connectivity index (χ1) is 5.41. The predicted octanol–water partition coefficient (Wildman–Crippen LogP) is 1.59. The minimum absolute atomic E-state index is 0.0654. The molecule has 1 rings (SSSR count). The van der Waals surface area contributed by atoms with E-state index in [-0.39, 0.29) is 4.90 Å². The highest BCUT2D eigenvalue weighted by atomic mass is 127. The Morgan fingerprint density at radius 1 is 1.42 bits per heavy atom. The zero-order valence-corrected chi connectivity index (χ0v) is 9.52. The molecular formula is C6H5ClINO2S. The molecule has 0 atom stereocenters. The maximum atomic E-state index is 10.9. The third-order valence-electron chi connectivity index (χ3n) is 1.20. The van der Waals surface area contributed by atoms with E-state index in [1.54, 1.807) is 12.1 Å². The van der Waals surface area contributed by atoms with Crippen molar-refractivity contribution in [3.05, 3.63) is 26.8 Å². The van der Waals surface area contributed by atoms with E-state index >= 15 is 0 Å². The van der Waals surface area contributed by atoms with Gasteiger partial charge < -0.3 is 0 Å². The fourth-order valence-corrected chi connectivity index (χ4v) is 2.82. The van der Waals surface area contributed by atoms with E-state index < -0.39 is 10.0 Å². The van der Waals surface area contributed by atoms with E-state index in [9.17, 15) is 8.42 Å². The molecule has 0 saturated carbocycles. The molecule has 0 radical (unpaired) electrons. The summed E-state index contributed by atoms with van der Waals surface area (Å²) in [5, 5.41) is 5.30. The van der Waals surface area contributed by atoms with Gasteiger partial charge in [0.1, 0.15) is 0 Å². The fraction of sp³-hybridized carbons (Fsp3) is 0. The molecule has 0 fully saturated rings. The van der Waals surface area contributed by atoms with Crippen LogP contribution in [0.5, 0.6) is 0 Å². The number of halogens is 2. The summed E-state index contributed by atoms with van der Waals surface area (Å²) in [6.45, 7) is 0. The molecule has 0 bridgehead atoms. The topological polar surface area (TPSA) is 60.2 Å². The van der Waals surface area contributed by atoms with E-state index in [2.05, 4.69) is 0 Å². The van der Waals surface area contributed by atoms with Crippen LogP contribution in [0.15, 0.2) is 23.1 Å². The summed E-state index contributed by atoms with van der Waals surface area (Å²) in [4.78, 5) is 0.0654. The van der Waals surface area contributed by atoms with Gasteiger partial charge in [0.15, 0.2) is 0 Å². The third kappa shape index (κ3) is 2.32. The number of hydrogen-bond donors (Lipinski definition) is 1. The largest absolute Gasteiger partial charge is 0.239 e.